The normalized spacial score (nSPS) is 13.7. The molecule has 0 bridgehead atoms. The highest BCUT2D eigenvalue weighted by molar-refractivity contribution is 6.30. The number of rotatable bonds is 7. The maximum Gasteiger partial charge on any atom is 0.260 e. The van der Waals surface area contributed by atoms with Gasteiger partial charge in [0.25, 0.3) is 5.91 Å². The topological polar surface area (TPSA) is 64.3 Å². The summed E-state index contributed by atoms with van der Waals surface area (Å²) in [5.41, 5.74) is 6.74. The van der Waals surface area contributed by atoms with Gasteiger partial charge in [-0.25, -0.2) is 0 Å². The summed E-state index contributed by atoms with van der Waals surface area (Å²) in [6, 6.07) is 5.36. The van der Waals surface area contributed by atoms with E-state index in [9.17, 15) is 4.79 Å². The highest BCUT2D eigenvalue weighted by Crippen LogP contribution is 2.25. The molecule has 0 saturated heterocycles. The molecule has 0 fully saturated rings. The Bertz CT molecular complexity index is 449. The number of carbonyl (C=O) groups excluding carboxylic acids is 1. The van der Waals surface area contributed by atoms with Crippen LogP contribution in [0.25, 0.3) is 0 Å². The van der Waals surface area contributed by atoms with Gasteiger partial charge in [-0.3, -0.25) is 4.79 Å². The average Bonchev–Trinajstić information content (AvgIpc) is 2.38. The number of amides is 1. The van der Waals surface area contributed by atoms with Crippen LogP contribution < -0.4 is 15.8 Å². The number of hydrogen-bond acceptors (Lipinski definition) is 3. The van der Waals surface area contributed by atoms with Crippen LogP contribution >= 0.6 is 11.6 Å². The molecule has 0 aliphatic carbocycles. The molecule has 4 nitrogen and oxygen atoms in total. The molecule has 1 amide bonds. The van der Waals surface area contributed by atoms with Crippen molar-refractivity contribution >= 4 is 17.5 Å². The molecule has 2 atom stereocenters. The highest BCUT2D eigenvalue weighted by atomic mass is 35.5. The van der Waals surface area contributed by atoms with E-state index in [0.717, 1.165) is 12.0 Å². The lowest BCUT2D eigenvalue weighted by molar-refractivity contribution is -0.127. The summed E-state index contributed by atoms with van der Waals surface area (Å²) in [4.78, 5) is 11.8. The van der Waals surface area contributed by atoms with Crippen molar-refractivity contribution in [2.24, 2.45) is 5.73 Å². The quantitative estimate of drug-likeness (QED) is 0.813. The lowest BCUT2D eigenvalue weighted by Crippen LogP contribution is -2.36. The fraction of sp³-hybridized carbons (Fsp3) is 0.533. The number of hydrogen-bond donors (Lipinski definition) is 2. The van der Waals surface area contributed by atoms with Crippen LogP contribution in [0.1, 0.15) is 32.8 Å². The van der Waals surface area contributed by atoms with E-state index in [1.54, 1.807) is 19.1 Å². The summed E-state index contributed by atoms with van der Waals surface area (Å²) in [7, 11) is 0. The van der Waals surface area contributed by atoms with Crippen LogP contribution in [0.5, 0.6) is 5.75 Å². The third kappa shape index (κ3) is 5.39. The summed E-state index contributed by atoms with van der Waals surface area (Å²) in [6.07, 6.45) is 1.00. The summed E-state index contributed by atoms with van der Waals surface area (Å²) in [5, 5.41) is 3.44. The van der Waals surface area contributed by atoms with Crippen molar-refractivity contribution in [3.05, 3.63) is 28.8 Å². The van der Waals surface area contributed by atoms with Gasteiger partial charge >= 0.3 is 0 Å². The number of nitrogens with one attached hydrogen (secondary N) is 1. The number of halogens is 1. The predicted octanol–water partition coefficient (Wildman–Crippen LogP) is 2.52. The van der Waals surface area contributed by atoms with Gasteiger partial charge in [-0.15, -0.1) is 0 Å². The third-order valence-electron chi connectivity index (χ3n) is 2.79. The van der Waals surface area contributed by atoms with Crippen LogP contribution in [0.2, 0.25) is 5.02 Å². The van der Waals surface area contributed by atoms with Crippen LogP contribution in [0.3, 0.4) is 0 Å². The fourth-order valence-electron chi connectivity index (χ4n) is 1.81. The minimum atomic E-state index is -0.547. The zero-order valence-corrected chi connectivity index (χ0v) is 13.0. The fourth-order valence-corrected chi connectivity index (χ4v) is 2.00. The Hall–Kier alpha value is -1.26. The minimum Gasteiger partial charge on any atom is -0.481 e. The molecular weight excluding hydrogens is 276 g/mol. The number of carbonyl (C=O) groups is 1. The summed E-state index contributed by atoms with van der Waals surface area (Å²) in [5.74, 6) is 0.541. The van der Waals surface area contributed by atoms with E-state index in [-0.39, 0.29) is 11.9 Å². The van der Waals surface area contributed by atoms with E-state index < -0.39 is 6.10 Å². The van der Waals surface area contributed by atoms with E-state index >= 15 is 0 Å². The van der Waals surface area contributed by atoms with Gasteiger partial charge in [-0.1, -0.05) is 18.5 Å². The molecule has 1 rings (SSSR count). The van der Waals surface area contributed by atoms with Gasteiger partial charge in [0.2, 0.25) is 0 Å². The number of nitrogens with two attached hydrogens (primary N) is 1. The molecule has 5 heteroatoms. The molecule has 20 heavy (non-hydrogen) atoms. The lowest BCUT2D eigenvalue weighted by Gasteiger charge is -2.18. The molecule has 2 unspecified atom stereocenters. The number of ether oxygens (including phenoxy) is 1. The Morgan fingerprint density at radius 1 is 1.45 bits per heavy atom. The molecule has 0 heterocycles. The van der Waals surface area contributed by atoms with Crippen LogP contribution in [-0.2, 0) is 11.2 Å². The Balaban J connectivity index is 2.77. The third-order valence-corrected chi connectivity index (χ3v) is 3.02. The van der Waals surface area contributed by atoms with Gasteiger partial charge in [0.05, 0.1) is 0 Å². The first-order valence-corrected chi connectivity index (χ1v) is 7.30. The SMILES string of the molecule is CCCNC(=O)C(C)Oc1ccc(Cl)cc1CC(C)N. The molecule has 0 radical (unpaired) electrons. The Kier molecular flexibility index (Phi) is 6.82. The Morgan fingerprint density at radius 2 is 2.15 bits per heavy atom. The van der Waals surface area contributed by atoms with Gasteiger partial charge < -0.3 is 15.8 Å². The van der Waals surface area contributed by atoms with Crippen molar-refractivity contribution in [3.8, 4) is 5.75 Å². The van der Waals surface area contributed by atoms with Crippen molar-refractivity contribution in [1.29, 1.82) is 0 Å². The lowest BCUT2D eigenvalue weighted by atomic mass is 10.1. The second kappa shape index (κ2) is 8.12. The van der Waals surface area contributed by atoms with Crippen LogP contribution in [0.15, 0.2) is 18.2 Å². The average molecular weight is 299 g/mol. The summed E-state index contributed by atoms with van der Waals surface area (Å²) >= 11 is 5.99. The first-order chi connectivity index (χ1) is 9.43. The van der Waals surface area contributed by atoms with Gasteiger partial charge in [0.1, 0.15) is 5.75 Å². The smallest absolute Gasteiger partial charge is 0.260 e. The monoisotopic (exact) mass is 298 g/mol. The first kappa shape index (κ1) is 16.8. The van der Waals surface area contributed by atoms with E-state index in [2.05, 4.69) is 5.32 Å². The molecule has 112 valence electrons. The standard InChI is InChI=1S/C15H23ClN2O2/c1-4-7-18-15(19)11(3)20-14-6-5-13(16)9-12(14)8-10(2)17/h5-6,9-11H,4,7-8,17H2,1-3H3,(H,18,19). The minimum absolute atomic E-state index is 0.0000377. The van der Waals surface area contributed by atoms with E-state index in [4.69, 9.17) is 22.1 Å². The van der Waals surface area contributed by atoms with Crippen molar-refractivity contribution in [2.75, 3.05) is 6.54 Å². The first-order valence-electron chi connectivity index (χ1n) is 6.92. The predicted molar refractivity (Wildman–Crippen MR) is 82.2 cm³/mol. The van der Waals surface area contributed by atoms with Crippen LogP contribution in [0, 0.1) is 0 Å². The number of benzene rings is 1. The highest BCUT2D eigenvalue weighted by Gasteiger charge is 2.16. The molecule has 0 saturated carbocycles. The maximum absolute atomic E-state index is 11.8. The largest absolute Gasteiger partial charge is 0.481 e. The van der Waals surface area contributed by atoms with Crippen molar-refractivity contribution in [2.45, 2.75) is 45.8 Å². The molecule has 0 spiro atoms. The second-order valence-electron chi connectivity index (χ2n) is 4.98. The van der Waals surface area contributed by atoms with E-state index in [1.165, 1.54) is 0 Å². The summed E-state index contributed by atoms with van der Waals surface area (Å²) < 4.78 is 5.73. The molecule has 0 aliphatic rings. The van der Waals surface area contributed by atoms with Crippen molar-refractivity contribution < 1.29 is 9.53 Å². The molecule has 0 aliphatic heterocycles. The van der Waals surface area contributed by atoms with E-state index in [1.807, 2.05) is 19.9 Å². The molecule has 3 N–H and O–H groups in total. The Morgan fingerprint density at radius 3 is 2.75 bits per heavy atom. The molecule has 1 aromatic carbocycles. The zero-order valence-electron chi connectivity index (χ0n) is 12.3. The molecule has 1 aromatic rings. The zero-order chi connectivity index (χ0) is 15.1. The summed E-state index contributed by atoms with van der Waals surface area (Å²) in [6.45, 7) is 6.31. The van der Waals surface area contributed by atoms with Gasteiger partial charge in [-0.05, 0) is 50.5 Å². The van der Waals surface area contributed by atoms with Crippen LogP contribution in [0.4, 0.5) is 0 Å². The Labute approximate surface area is 125 Å². The molecule has 0 aromatic heterocycles. The van der Waals surface area contributed by atoms with Gasteiger partial charge in [0.15, 0.2) is 6.10 Å². The van der Waals surface area contributed by atoms with Crippen molar-refractivity contribution in [1.82, 2.24) is 5.32 Å². The van der Waals surface area contributed by atoms with E-state index in [0.29, 0.717) is 23.7 Å². The van der Waals surface area contributed by atoms with Gasteiger partial charge in [-0.2, -0.15) is 0 Å². The van der Waals surface area contributed by atoms with Crippen LogP contribution in [-0.4, -0.2) is 24.6 Å². The molecular formula is C15H23ClN2O2. The van der Waals surface area contributed by atoms with Gasteiger partial charge in [0, 0.05) is 17.6 Å². The maximum atomic E-state index is 11.8. The second-order valence-corrected chi connectivity index (χ2v) is 5.42. The van der Waals surface area contributed by atoms with Crippen molar-refractivity contribution in [3.63, 3.8) is 0 Å².